The van der Waals surface area contributed by atoms with E-state index in [1.54, 1.807) is 24.3 Å². The third-order valence-electron chi connectivity index (χ3n) is 1.96. The zero-order chi connectivity index (χ0) is 11.8. The smallest absolute Gasteiger partial charge is 0.410 e. The summed E-state index contributed by atoms with van der Waals surface area (Å²) in [5.74, 6) is 0.492. The molecule has 0 saturated heterocycles. The van der Waals surface area contributed by atoms with E-state index in [1.165, 1.54) is 4.90 Å². The molecule has 0 unspecified atom stereocenters. The standard InChI is InChI=1S/C12H14N2O2/c1-2-9-14(10-8-13)12(15)16-11-6-4-3-5-7-11/h3-7H,2,9-10H2,1H3. The number of hydrogen-bond acceptors (Lipinski definition) is 3. The van der Waals surface area contributed by atoms with Crippen molar-refractivity contribution in [3.05, 3.63) is 30.3 Å². The van der Waals surface area contributed by atoms with Gasteiger partial charge in [-0.25, -0.2) is 4.79 Å². The van der Waals surface area contributed by atoms with Crippen molar-refractivity contribution in [2.45, 2.75) is 13.3 Å². The maximum absolute atomic E-state index is 11.6. The van der Waals surface area contributed by atoms with Crippen LogP contribution in [-0.2, 0) is 0 Å². The van der Waals surface area contributed by atoms with Crippen LogP contribution in [0.1, 0.15) is 13.3 Å². The van der Waals surface area contributed by atoms with Crippen molar-refractivity contribution < 1.29 is 9.53 Å². The molecule has 0 saturated carbocycles. The predicted octanol–water partition coefficient (Wildman–Crippen LogP) is 2.42. The zero-order valence-electron chi connectivity index (χ0n) is 9.22. The number of ether oxygens (including phenoxy) is 1. The lowest BCUT2D eigenvalue weighted by molar-refractivity contribution is 0.158. The number of carbonyl (C=O) groups is 1. The van der Waals surface area contributed by atoms with Gasteiger partial charge in [-0.05, 0) is 18.6 Å². The van der Waals surface area contributed by atoms with E-state index in [0.717, 1.165) is 6.42 Å². The average molecular weight is 218 g/mol. The molecule has 84 valence electrons. The van der Waals surface area contributed by atoms with E-state index in [2.05, 4.69) is 0 Å². The quantitative estimate of drug-likeness (QED) is 0.729. The third kappa shape index (κ3) is 3.62. The summed E-state index contributed by atoms with van der Waals surface area (Å²) >= 11 is 0. The summed E-state index contributed by atoms with van der Waals surface area (Å²) in [7, 11) is 0. The van der Waals surface area contributed by atoms with Crippen LogP contribution in [0.25, 0.3) is 0 Å². The lowest BCUT2D eigenvalue weighted by atomic mass is 10.3. The number of rotatable bonds is 4. The van der Waals surface area contributed by atoms with Gasteiger partial charge in [0.2, 0.25) is 0 Å². The van der Waals surface area contributed by atoms with Gasteiger partial charge in [0.15, 0.2) is 0 Å². The van der Waals surface area contributed by atoms with Gasteiger partial charge in [0.1, 0.15) is 12.3 Å². The van der Waals surface area contributed by atoms with E-state index in [0.29, 0.717) is 12.3 Å². The minimum Gasteiger partial charge on any atom is -0.410 e. The molecule has 4 nitrogen and oxygen atoms in total. The van der Waals surface area contributed by atoms with Gasteiger partial charge in [0, 0.05) is 6.54 Å². The van der Waals surface area contributed by atoms with E-state index in [1.807, 2.05) is 19.1 Å². The van der Waals surface area contributed by atoms with Gasteiger partial charge in [0.05, 0.1) is 6.07 Å². The molecule has 16 heavy (non-hydrogen) atoms. The normalized spacial score (nSPS) is 9.25. The van der Waals surface area contributed by atoms with Gasteiger partial charge in [0.25, 0.3) is 0 Å². The molecular formula is C12H14N2O2. The number of hydrogen-bond donors (Lipinski definition) is 0. The van der Waals surface area contributed by atoms with Crippen molar-refractivity contribution >= 4 is 6.09 Å². The zero-order valence-corrected chi connectivity index (χ0v) is 9.22. The molecule has 0 fully saturated rings. The average Bonchev–Trinajstić information content (AvgIpc) is 2.30. The second kappa shape index (κ2) is 6.46. The molecule has 0 aliphatic carbocycles. The number of nitriles is 1. The minimum absolute atomic E-state index is 0.0551. The highest BCUT2D eigenvalue weighted by molar-refractivity contribution is 5.70. The molecule has 0 aromatic heterocycles. The fourth-order valence-electron chi connectivity index (χ4n) is 1.24. The molecule has 1 amide bonds. The number of carbonyl (C=O) groups excluding carboxylic acids is 1. The summed E-state index contributed by atoms with van der Waals surface area (Å²) in [6.45, 7) is 2.53. The third-order valence-corrected chi connectivity index (χ3v) is 1.96. The fraction of sp³-hybridized carbons (Fsp3) is 0.333. The Kier molecular flexibility index (Phi) is 4.87. The topological polar surface area (TPSA) is 53.3 Å². The molecule has 0 atom stereocenters. The van der Waals surface area contributed by atoms with Crippen LogP contribution >= 0.6 is 0 Å². The number of benzene rings is 1. The molecule has 0 N–H and O–H groups in total. The first-order valence-corrected chi connectivity index (χ1v) is 5.16. The molecular weight excluding hydrogens is 204 g/mol. The minimum atomic E-state index is -0.477. The van der Waals surface area contributed by atoms with E-state index < -0.39 is 6.09 Å². The van der Waals surface area contributed by atoms with Crippen LogP contribution in [-0.4, -0.2) is 24.1 Å². The highest BCUT2D eigenvalue weighted by atomic mass is 16.6. The van der Waals surface area contributed by atoms with Crippen LogP contribution < -0.4 is 4.74 Å². The largest absolute Gasteiger partial charge is 0.416 e. The van der Waals surface area contributed by atoms with Crippen molar-refractivity contribution in [3.8, 4) is 11.8 Å². The predicted molar refractivity (Wildman–Crippen MR) is 59.9 cm³/mol. The summed E-state index contributed by atoms with van der Waals surface area (Å²) in [4.78, 5) is 13.0. The fourth-order valence-corrected chi connectivity index (χ4v) is 1.24. The lowest BCUT2D eigenvalue weighted by Gasteiger charge is -2.17. The summed E-state index contributed by atoms with van der Waals surface area (Å²) < 4.78 is 5.12. The Morgan fingerprint density at radius 2 is 2.12 bits per heavy atom. The van der Waals surface area contributed by atoms with Crippen LogP contribution in [0.4, 0.5) is 4.79 Å². The molecule has 0 spiro atoms. The van der Waals surface area contributed by atoms with E-state index in [-0.39, 0.29) is 6.54 Å². The number of amides is 1. The van der Waals surface area contributed by atoms with Crippen molar-refractivity contribution in [3.63, 3.8) is 0 Å². The van der Waals surface area contributed by atoms with E-state index >= 15 is 0 Å². The van der Waals surface area contributed by atoms with Gasteiger partial charge in [-0.15, -0.1) is 0 Å². The maximum atomic E-state index is 11.6. The number of nitrogens with zero attached hydrogens (tertiary/aromatic N) is 2. The van der Waals surface area contributed by atoms with Gasteiger partial charge < -0.3 is 4.74 Å². The Morgan fingerprint density at radius 1 is 1.44 bits per heavy atom. The van der Waals surface area contributed by atoms with Crippen molar-refractivity contribution in [1.82, 2.24) is 4.90 Å². The van der Waals surface area contributed by atoms with Crippen LogP contribution in [0.2, 0.25) is 0 Å². The monoisotopic (exact) mass is 218 g/mol. The molecule has 0 bridgehead atoms. The molecule has 0 radical (unpaired) electrons. The molecule has 1 aromatic carbocycles. The molecule has 1 rings (SSSR count). The summed E-state index contributed by atoms with van der Waals surface area (Å²) in [6, 6.07) is 10.8. The summed E-state index contributed by atoms with van der Waals surface area (Å²) in [5, 5.41) is 8.58. The molecule has 1 aromatic rings. The first kappa shape index (κ1) is 12.1. The number of para-hydroxylation sites is 1. The second-order valence-corrected chi connectivity index (χ2v) is 3.26. The first-order chi connectivity index (χ1) is 7.77. The van der Waals surface area contributed by atoms with Gasteiger partial charge in [-0.2, -0.15) is 5.26 Å². The molecule has 0 aliphatic heterocycles. The van der Waals surface area contributed by atoms with Crippen molar-refractivity contribution in [2.75, 3.05) is 13.1 Å². The van der Waals surface area contributed by atoms with E-state index in [9.17, 15) is 4.79 Å². The highest BCUT2D eigenvalue weighted by Gasteiger charge is 2.13. The molecule has 0 aliphatic rings. The van der Waals surface area contributed by atoms with Gasteiger partial charge in [-0.1, -0.05) is 25.1 Å². The molecule has 0 heterocycles. The molecule has 4 heteroatoms. The van der Waals surface area contributed by atoms with Crippen LogP contribution in [0, 0.1) is 11.3 Å². The Bertz CT molecular complexity index is 370. The Morgan fingerprint density at radius 3 is 2.69 bits per heavy atom. The highest BCUT2D eigenvalue weighted by Crippen LogP contribution is 2.10. The van der Waals surface area contributed by atoms with Crippen molar-refractivity contribution in [1.29, 1.82) is 5.26 Å². The van der Waals surface area contributed by atoms with E-state index in [4.69, 9.17) is 10.00 Å². The van der Waals surface area contributed by atoms with Gasteiger partial charge in [-0.3, -0.25) is 4.90 Å². The Labute approximate surface area is 95.0 Å². The Hall–Kier alpha value is -2.02. The van der Waals surface area contributed by atoms with Gasteiger partial charge >= 0.3 is 6.09 Å². The Balaban J connectivity index is 2.59. The summed E-state index contributed by atoms with van der Waals surface area (Å²) in [5.41, 5.74) is 0. The first-order valence-electron chi connectivity index (χ1n) is 5.16. The van der Waals surface area contributed by atoms with Crippen LogP contribution in [0.15, 0.2) is 30.3 Å². The second-order valence-electron chi connectivity index (χ2n) is 3.26. The van der Waals surface area contributed by atoms with Crippen LogP contribution in [0.3, 0.4) is 0 Å². The lowest BCUT2D eigenvalue weighted by Crippen LogP contribution is -2.34. The summed E-state index contributed by atoms with van der Waals surface area (Å²) in [6.07, 6.45) is 0.320. The SMILES string of the molecule is CCCN(CC#N)C(=O)Oc1ccccc1. The van der Waals surface area contributed by atoms with Crippen LogP contribution in [0.5, 0.6) is 5.75 Å². The maximum Gasteiger partial charge on any atom is 0.416 e. The van der Waals surface area contributed by atoms with Crippen molar-refractivity contribution in [2.24, 2.45) is 0 Å².